The van der Waals surface area contributed by atoms with E-state index < -0.39 is 0 Å². The summed E-state index contributed by atoms with van der Waals surface area (Å²) in [4.78, 5) is 35.1. The number of fused-ring (bicyclic) bond motifs is 2. The molecule has 0 atom stereocenters. The number of aromatic amines is 1. The highest BCUT2D eigenvalue weighted by molar-refractivity contribution is 5.95. The highest BCUT2D eigenvalue weighted by atomic mass is 16.2. The summed E-state index contributed by atoms with van der Waals surface area (Å²) in [5.74, 6) is 0.746. The summed E-state index contributed by atoms with van der Waals surface area (Å²) < 4.78 is 0. The van der Waals surface area contributed by atoms with Crippen LogP contribution in [0.3, 0.4) is 0 Å². The Morgan fingerprint density at radius 3 is 2.70 bits per heavy atom. The summed E-state index contributed by atoms with van der Waals surface area (Å²) in [6.45, 7) is 2.02. The van der Waals surface area contributed by atoms with E-state index in [9.17, 15) is 4.79 Å². The fraction of sp³-hybridized carbons (Fsp3) is 0.318. The number of amides is 1. The zero-order valence-electron chi connectivity index (χ0n) is 17.2. The summed E-state index contributed by atoms with van der Waals surface area (Å²) in [5.41, 5.74) is 4.25. The Morgan fingerprint density at radius 1 is 1.17 bits per heavy atom. The quantitative estimate of drug-likeness (QED) is 0.545. The Balaban J connectivity index is 1.36. The van der Waals surface area contributed by atoms with Crippen LogP contribution in [0.25, 0.3) is 33.2 Å². The van der Waals surface area contributed by atoms with Gasteiger partial charge in [-0.25, -0.2) is 4.98 Å². The fourth-order valence-electron chi connectivity index (χ4n) is 4.37. The first kappa shape index (κ1) is 18.5. The number of hydrogen-bond donors (Lipinski definition) is 2. The maximum absolute atomic E-state index is 12.3. The van der Waals surface area contributed by atoms with Crippen molar-refractivity contribution in [2.24, 2.45) is 5.41 Å². The van der Waals surface area contributed by atoms with Crippen molar-refractivity contribution in [3.8, 4) is 11.1 Å². The zero-order chi connectivity index (χ0) is 20.9. The molecule has 0 spiro atoms. The van der Waals surface area contributed by atoms with Crippen molar-refractivity contribution < 1.29 is 4.79 Å². The van der Waals surface area contributed by atoms with Gasteiger partial charge in [0.15, 0.2) is 0 Å². The van der Waals surface area contributed by atoms with Crippen molar-refractivity contribution in [3.63, 3.8) is 0 Å². The molecule has 8 heteroatoms. The maximum atomic E-state index is 12.3. The van der Waals surface area contributed by atoms with Crippen molar-refractivity contribution in [3.05, 3.63) is 43.0 Å². The first-order valence-corrected chi connectivity index (χ1v) is 9.96. The number of anilines is 1. The predicted molar refractivity (Wildman–Crippen MR) is 116 cm³/mol. The lowest BCUT2D eigenvalue weighted by Gasteiger charge is -2.45. The van der Waals surface area contributed by atoms with E-state index in [1.54, 1.807) is 31.4 Å². The second kappa shape index (κ2) is 6.76. The van der Waals surface area contributed by atoms with Gasteiger partial charge in [-0.05, 0) is 30.5 Å². The van der Waals surface area contributed by atoms with Gasteiger partial charge in [0.2, 0.25) is 11.9 Å². The first-order chi connectivity index (χ1) is 14.4. The van der Waals surface area contributed by atoms with Crippen molar-refractivity contribution >= 4 is 33.9 Å². The van der Waals surface area contributed by atoms with Crippen LogP contribution < -0.4 is 5.32 Å². The molecule has 3 aromatic heterocycles. The molecule has 1 saturated carbocycles. The molecule has 152 valence electrons. The number of aromatic nitrogens is 5. The monoisotopic (exact) mass is 401 g/mol. The molecule has 1 aliphatic rings. The molecule has 1 amide bonds. The minimum atomic E-state index is -0.302. The average Bonchev–Trinajstić information content (AvgIpc) is 3.14. The number of carbonyl (C=O) groups excluding carboxylic acids is 1. The second-order valence-corrected chi connectivity index (χ2v) is 8.43. The highest BCUT2D eigenvalue weighted by Crippen LogP contribution is 2.43. The molecule has 1 aliphatic carbocycles. The average molecular weight is 401 g/mol. The summed E-state index contributed by atoms with van der Waals surface area (Å²) in [7, 11) is 3.60. The van der Waals surface area contributed by atoms with Gasteiger partial charge >= 0.3 is 0 Å². The molecule has 3 heterocycles. The third-order valence-electron chi connectivity index (χ3n) is 5.86. The van der Waals surface area contributed by atoms with E-state index in [-0.39, 0.29) is 17.4 Å². The molecule has 30 heavy (non-hydrogen) atoms. The molecule has 0 radical (unpaired) electrons. The molecular weight excluding hydrogens is 378 g/mol. The summed E-state index contributed by atoms with van der Waals surface area (Å²) in [6, 6.07) is 6.22. The largest absolute Gasteiger partial charge is 0.351 e. The van der Waals surface area contributed by atoms with Crippen molar-refractivity contribution in [2.75, 3.05) is 19.4 Å². The molecule has 2 N–H and O–H groups in total. The van der Waals surface area contributed by atoms with Crippen LogP contribution in [0.5, 0.6) is 0 Å². The summed E-state index contributed by atoms with van der Waals surface area (Å²) in [5, 5.41) is 4.31. The topological polar surface area (TPSA) is 99.7 Å². The number of rotatable bonds is 4. The molecule has 8 nitrogen and oxygen atoms in total. The number of nitrogens with one attached hydrogen (secondary N) is 2. The fourth-order valence-corrected chi connectivity index (χ4v) is 4.37. The Morgan fingerprint density at radius 2 is 1.93 bits per heavy atom. The Labute approximate surface area is 173 Å². The normalized spacial score (nSPS) is 20.8. The lowest BCUT2D eigenvalue weighted by Crippen LogP contribution is -2.52. The minimum absolute atomic E-state index is 0.172. The lowest BCUT2D eigenvalue weighted by atomic mass is 9.66. The van der Waals surface area contributed by atoms with Crippen molar-refractivity contribution in [1.82, 2.24) is 29.8 Å². The number of nitrogens with zero attached hydrogens (tertiary/aromatic N) is 5. The van der Waals surface area contributed by atoms with Gasteiger partial charge in [0.05, 0.1) is 16.4 Å². The molecule has 1 fully saturated rings. The smallest absolute Gasteiger partial charge is 0.228 e. The van der Waals surface area contributed by atoms with E-state index in [0.717, 1.165) is 46.0 Å². The van der Waals surface area contributed by atoms with Gasteiger partial charge in [0.25, 0.3) is 0 Å². The first-order valence-electron chi connectivity index (χ1n) is 9.96. The van der Waals surface area contributed by atoms with Crippen LogP contribution in [0.4, 0.5) is 5.95 Å². The second-order valence-electron chi connectivity index (χ2n) is 8.43. The minimum Gasteiger partial charge on any atom is -0.351 e. The molecule has 5 rings (SSSR count). The van der Waals surface area contributed by atoms with Crippen molar-refractivity contribution in [2.45, 2.75) is 25.8 Å². The third-order valence-corrected chi connectivity index (χ3v) is 5.86. The number of hydrogen-bond acceptors (Lipinski definition) is 6. The van der Waals surface area contributed by atoms with Gasteiger partial charge in [0, 0.05) is 55.9 Å². The van der Waals surface area contributed by atoms with E-state index in [1.807, 2.05) is 37.5 Å². The van der Waals surface area contributed by atoms with Crippen LogP contribution >= 0.6 is 0 Å². The van der Waals surface area contributed by atoms with E-state index in [2.05, 4.69) is 30.2 Å². The molecule has 0 saturated heterocycles. The Hall–Kier alpha value is -3.55. The number of H-pyrrole nitrogens is 1. The van der Waals surface area contributed by atoms with Gasteiger partial charge in [0.1, 0.15) is 5.65 Å². The van der Waals surface area contributed by atoms with Crippen molar-refractivity contribution in [1.29, 1.82) is 0 Å². The van der Waals surface area contributed by atoms with Crippen LogP contribution in [0, 0.1) is 5.41 Å². The van der Waals surface area contributed by atoms with Gasteiger partial charge in [-0.15, -0.1) is 0 Å². The Bertz CT molecular complexity index is 1260. The summed E-state index contributed by atoms with van der Waals surface area (Å²) in [6.07, 6.45) is 8.72. The molecule has 0 unspecified atom stereocenters. The van der Waals surface area contributed by atoms with Gasteiger partial charge in [-0.2, -0.15) is 4.98 Å². The SMILES string of the molecule is CN(C)C(=O)[C@]1(C)C[C@H](Nc2ncc3c(-c4ccc5nccnc5c4)c[nH]c3n2)C1. The highest BCUT2D eigenvalue weighted by Gasteiger charge is 2.47. The summed E-state index contributed by atoms with van der Waals surface area (Å²) >= 11 is 0. The zero-order valence-corrected chi connectivity index (χ0v) is 17.2. The third kappa shape index (κ3) is 3.04. The molecular formula is C22H23N7O. The van der Waals surface area contributed by atoms with Crippen LogP contribution in [-0.4, -0.2) is 55.9 Å². The maximum Gasteiger partial charge on any atom is 0.228 e. The predicted octanol–water partition coefficient (Wildman–Crippen LogP) is 3.24. The van der Waals surface area contributed by atoms with E-state index >= 15 is 0 Å². The molecule has 0 bridgehead atoms. The van der Waals surface area contributed by atoms with E-state index in [4.69, 9.17) is 0 Å². The van der Waals surface area contributed by atoms with Crippen LogP contribution in [0.1, 0.15) is 19.8 Å². The molecule has 1 aromatic carbocycles. The van der Waals surface area contributed by atoms with Gasteiger partial charge in [-0.1, -0.05) is 13.0 Å². The van der Waals surface area contributed by atoms with Gasteiger partial charge < -0.3 is 15.2 Å². The van der Waals surface area contributed by atoms with E-state index in [1.165, 1.54) is 0 Å². The van der Waals surface area contributed by atoms with E-state index in [0.29, 0.717) is 5.95 Å². The lowest BCUT2D eigenvalue weighted by molar-refractivity contribution is -0.143. The van der Waals surface area contributed by atoms with Gasteiger partial charge in [-0.3, -0.25) is 14.8 Å². The number of carbonyl (C=O) groups is 1. The Kier molecular flexibility index (Phi) is 4.16. The number of benzene rings is 1. The standard InChI is InChI=1S/C22H23N7O/c1-22(20(30)29(2)3)9-14(10-22)27-21-26-12-16-15(11-25-19(16)28-21)13-4-5-17-18(8-13)24-7-6-23-17/h4-8,11-12,14H,9-10H2,1-3H3,(H2,25,26,27,28)/t14-,22+. The molecule has 0 aliphatic heterocycles. The van der Waals surface area contributed by atoms with Crippen LogP contribution in [0.2, 0.25) is 0 Å². The molecule has 4 aromatic rings. The van der Waals surface area contributed by atoms with Crippen LogP contribution in [0.15, 0.2) is 43.0 Å². The van der Waals surface area contributed by atoms with Crippen LogP contribution in [-0.2, 0) is 4.79 Å².